The molecule has 17 heavy (non-hydrogen) atoms. The number of rotatable bonds is 4. The number of aromatic nitrogens is 2. The highest BCUT2D eigenvalue weighted by Crippen LogP contribution is 1.92. The van der Waals surface area contributed by atoms with Crippen LogP contribution < -0.4 is 16.6 Å². The number of nitrogens with one attached hydrogen (secondary N) is 1. The van der Waals surface area contributed by atoms with Gasteiger partial charge in [-0.1, -0.05) is 6.08 Å². The van der Waals surface area contributed by atoms with E-state index in [2.05, 4.69) is 11.9 Å². The third-order valence-electron chi connectivity index (χ3n) is 2.03. The highest BCUT2D eigenvalue weighted by molar-refractivity contribution is 14.1. The molecule has 0 radical (unpaired) electrons. The second-order valence-corrected chi connectivity index (χ2v) is 4.52. The zero-order chi connectivity index (χ0) is 13.0. The van der Waals surface area contributed by atoms with Crippen LogP contribution in [-0.2, 0) is 18.4 Å². The van der Waals surface area contributed by atoms with Crippen molar-refractivity contribution in [2.75, 3.05) is 6.54 Å². The van der Waals surface area contributed by atoms with Crippen molar-refractivity contribution in [3.05, 3.63) is 43.3 Å². The smallest absolute Gasteiger partial charge is 0.331 e. The van der Waals surface area contributed by atoms with E-state index in [4.69, 9.17) is 0 Å². The van der Waals surface area contributed by atoms with E-state index in [-0.39, 0.29) is 6.54 Å². The molecule has 1 heterocycles. The van der Waals surface area contributed by atoms with Crippen molar-refractivity contribution >= 4 is 28.5 Å². The Morgan fingerprint density at radius 2 is 2.24 bits per heavy atom. The van der Waals surface area contributed by atoms with Crippen molar-refractivity contribution in [3.63, 3.8) is 0 Å². The van der Waals surface area contributed by atoms with Crippen molar-refractivity contribution in [3.8, 4) is 0 Å². The molecule has 1 amide bonds. The molecule has 0 saturated carbocycles. The highest BCUT2D eigenvalue weighted by atomic mass is 127. The summed E-state index contributed by atoms with van der Waals surface area (Å²) in [4.78, 5) is 34.8. The Balaban J connectivity index is 3.07. The largest absolute Gasteiger partial charge is 0.351 e. The summed E-state index contributed by atoms with van der Waals surface area (Å²) in [5.41, 5.74) is -0.966. The minimum Gasteiger partial charge on any atom is -0.351 e. The van der Waals surface area contributed by atoms with Crippen molar-refractivity contribution in [1.29, 1.82) is 0 Å². The van der Waals surface area contributed by atoms with Crippen LogP contribution in [0.1, 0.15) is 0 Å². The van der Waals surface area contributed by atoms with Gasteiger partial charge in [0.2, 0.25) is 5.91 Å². The second-order valence-electron chi connectivity index (χ2n) is 3.35. The minimum atomic E-state index is -0.510. The lowest BCUT2D eigenvalue weighted by Crippen LogP contribution is -2.43. The normalized spacial score (nSPS) is 10.0. The third kappa shape index (κ3) is 3.29. The van der Waals surface area contributed by atoms with Crippen molar-refractivity contribution < 1.29 is 4.79 Å². The summed E-state index contributed by atoms with van der Waals surface area (Å²) in [5.74, 6) is -0.397. The summed E-state index contributed by atoms with van der Waals surface area (Å²) in [6.07, 6.45) is 2.96. The lowest BCUT2D eigenvalue weighted by atomic mass is 10.5. The van der Waals surface area contributed by atoms with Gasteiger partial charge in [-0.25, -0.2) is 9.36 Å². The van der Waals surface area contributed by atoms with Gasteiger partial charge in [-0.2, -0.15) is 0 Å². The number of carbonyl (C=O) groups excluding carboxylic acids is 1. The number of amides is 1. The Morgan fingerprint density at radius 3 is 2.82 bits per heavy atom. The summed E-state index contributed by atoms with van der Waals surface area (Å²) < 4.78 is 2.56. The average molecular weight is 349 g/mol. The maximum atomic E-state index is 11.7. The van der Waals surface area contributed by atoms with Crippen LogP contribution in [0.15, 0.2) is 28.4 Å². The molecule has 1 aromatic heterocycles. The summed E-state index contributed by atoms with van der Waals surface area (Å²) in [7, 11) is 1.53. The standard InChI is InChI=1S/C10H12IN3O3/c1-3-4-12-8(15)6-14-9(16)7(11)5-13(2)10(14)17/h3,5H,1,4,6H2,2H3,(H,12,15). The molecule has 0 saturated heterocycles. The quantitative estimate of drug-likeness (QED) is 0.586. The van der Waals surface area contributed by atoms with E-state index in [0.29, 0.717) is 10.1 Å². The van der Waals surface area contributed by atoms with E-state index in [0.717, 1.165) is 4.57 Å². The average Bonchev–Trinajstić information content (AvgIpc) is 2.29. The topological polar surface area (TPSA) is 73.1 Å². The Hall–Kier alpha value is -1.38. The van der Waals surface area contributed by atoms with Crippen LogP contribution in [0.3, 0.4) is 0 Å². The zero-order valence-electron chi connectivity index (χ0n) is 9.27. The molecule has 1 N–H and O–H groups in total. The maximum absolute atomic E-state index is 11.7. The molecular weight excluding hydrogens is 337 g/mol. The van der Waals surface area contributed by atoms with Gasteiger partial charge in [0.15, 0.2) is 0 Å². The molecule has 0 aliphatic rings. The van der Waals surface area contributed by atoms with E-state index in [1.54, 1.807) is 0 Å². The predicted octanol–water partition coefficient (Wildman–Crippen LogP) is -0.546. The van der Waals surface area contributed by atoms with Gasteiger partial charge in [-0.05, 0) is 22.6 Å². The van der Waals surface area contributed by atoms with Crippen LogP contribution in [0.4, 0.5) is 0 Å². The summed E-state index contributed by atoms with van der Waals surface area (Å²) in [6.45, 7) is 3.47. The molecule has 92 valence electrons. The molecule has 0 bridgehead atoms. The van der Waals surface area contributed by atoms with Gasteiger partial charge in [0, 0.05) is 19.8 Å². The molecule has 0 unspecified atom stereocenters. The monoisotopic (exact) mass is 349 g/mol. The van der Waals surface area contributed by atoms with Crippen molar-refractivity contribution in [1.82, 2.24) is 14.5 Å². The number of halogens is 1. The van der Waals surface area contributed by atoms with Gasteiger partial charge < -0.3 is 9.88 Å². The first-order valence-corrected chi connectivity index (χ1v) is 5.88. The van der Waals surface area contributed by atoms with Crippen LogP contribution >= 0.6 is 22.6 Å². The first-order chi connectivity index (χ1) is 7.97. The fourth-order valence-corrected chi connectivity index (χ4v) is 1.92. The van der Waals surface area contributed by atoms with Gasteiger partial charge >= 0.3 is 5.69 Å². The van der Waals surface area contributed by atoms with Crippen LogP contribution in [0.5, 0.6) is 0 Å². The summed E-state index contributed by atoms with van der Waals surface area (Å²) in [6, 6.07) is 0. The zero-order valence-corrected chi connectivity index (χ0v) is 11.4. The van der Waals surface area contributed by atoms with Gasteiger partial charge in [0.25, 0.3) is 5.56 Å². The predicted molar refractivity (Wildman–Crippen MR) is 71.9 cm³/mol. The number of aryl methyl sites for hydroxylation is 1. The summed E-state index contributed by atoms with van der Waals surface area (Å²) in [5, 5.41) is 2.51. The van der Waals surface area contributed by atoms with E-state index in [1.807, 2.05) is 22.6 Å². The van der Waals surface area contributed by atoms with E-state index in [9.17, 15) is 14.4 Å². The molecule has 1 aromatic rings. The molecule has 0 fully saturated rings. The Labute approximate surface area is 111 Å². The highest BCUT2D eigenvalue weighted by Gasteiger charge is 2.10. The molecule has 6 nitrogen and oxygen atoms in total. The molecule has 1 rings (SSSR count). The molecule has 0 atom stereocenters. The molecule has 0 aromatic carbocycles. The minimum absolute atomic E-state index is 0.282. The number of hydrogen-bond acceptors (Lipinski definition) is 3. The van der Waals surface area contributed by atoms with E-state index < -0.39 is 17.2 Å². The van der Waals surface area contributed by atoms with Crippen molar-refractivity contribution in [2.24, 2.45) is 7.05 Å². The van der Waals surface area contributed by atoms with Gasteiger partial charge in [-0.3, -0.25) is 9.59 Å². The van der Waals surface area contributed by atoms with Crippen LogP contribution in [0, 0.1) is 3.57 Å². The fraction of sp³-hybridized carbons (Fsp3) is 0.300. The molecule has 0 aliphatic carbocycles. The molecule has 7 heteroatoms. The first kappa shape index (κ1) is 13.7. The third-order valence-corrected chi connectivity index (χ3v) is 2.77. The number of nitrogens with zero attached hydrogens (tertiary/aromatic N) is 2. The number of carbonyl (C=O) groups is 1. The van der Waals surface area contributed by atoms with Crippen LogP contribution in [-0.4, -0.2) is 21.6 Å². The van der Waals surface area contributed by atoms with E-state index >= 15 is 0 Å². The van der Waals surface area contributed by atoms with E-state index in [1.165, 1.54) is 23.9 Å². The first-order valence-electron chi connectivity index (χ1n) is 4.81. The Morgan fingerprint density at radius 1 is 1.59 bits per heavy atom. The second kappa shape index (κ2) is 5.80. The van der Waals surface area contributed by atoms with Gasteiger partial charge in [0.1, 0.15) is 6.54 Å². The van der Waals surface area contributed by atoms with Crippen LogP contribution in [0.25, 0.3) is 0 Å². The molecule has 0 spiro atoms. The SMILES string of the molecule is C=CCNC(=O)Cn1c(=O)c(I)cn(C)c1=O. The van der Waals surface area contributed by atoms with Crippen molar-refractivity contribution in [2.45, 2.75) is 6.54 Å². The lowest BCUT2D eigenvalue weighted by Gasteiger charge is -2.07. The fourth-order valence-electron chi connectivity index (χ4n) is 1.21. The lowest BCUT2D eigenvalue weighted by molar-refractivity contribution is -0.121. The Bertz CT molecular complexity index is 525. The van der Waals surface area contributed by atoms with Crippen LogP contribution in [0.2, 0.25) is 0 Å². The number of hydrogen-bond donors (Lipinski definition) is 1. The molecule has 0 aliphatic heterocycles. The maximum Gasteiger partial charge on any atom is 0.331 e. The van der Waals surface area contributed by atoms with Gasteiger partial charge in [0.05, 0.1) is 3.57 Å². The Kier molecular flexibility index (Phi) is 4.67. The summed E-state index contributed by atoms with van der Waals surface area (Å²) >= 11 is 1.83. The molecular formula is C10H12IN3O3. The van der Waals surface area contributed by atoms with Gasteiger partial charge in [-0.15, -0.1) is 6.58 Å².